The number of hydrogen-bond acceptors (Lipinski definition) is 8. The zero-order valence-corrected chi connectivity index (χ0v) is 20.5. The number of benzene rings is 1. The molecule has 0 unspecified atom stereocenters. The van der Waals surface area contributed by atoms with Gasteiger partial charge in [0.2, 0.25) is 11.8 Å². The third-order valence-electron chi connectivity index (χ3n) is 5.28. The fraction of sp³-hybridized carbons (Fsp3) is 0.391. The molecule has 4 bridgehead atoms. The summed E-state index contributed by atoms with van der Waals surface area (Å²) in [5, 5.41) is 5.96. The molecule has 1 aromatic carbocycles. The van der Waals surface area contributed by atoms with Gasteiger partial charge in [0.1, 0.15) is 6.61 Å². The topological polar surface area (TPSA) is 136 Å². The SMILES string of the molecule is Cc1cccc(C)c1-c1cc2nc(n1)NS(=O)(=O)c1cc(no1)C(=O)N[C@H](CC(C)(C)C)CO2. The largest absolute Gasteiger partial charge is 0.475 e. The quantitative estimate of drug-likeness (QED) is 0.563. The number of fused-ring (bicyclic) bond motifs is 4. The lowest BCUT2D eigenvalue weighted by atomic mass is 9.88. The Kier molecular flexibility index (Phi) is 6.07. The van der Waals surface area contributed by atoms with E-state index in [0.717, 1.165) is 22.8 Å². The molecule has 0 spiro atoms. The van der Waals surface area contributed by atoms with E-state index in [1.54, 1.807) is 6.07 Å². The van der Waals surface area contributed by atoms with Crippen molar-refractivity contribution in [1.29, 1.82) is 0 Å². The van der Waals surface area contributed by atoms with E-state index in [4.69, 9.17) is 9.26 Å². The van der Waals surface area contributed by atoms with Gasteiger partial charge in [-0.2, -0.15) is 13.4 Å². The van der Waals surface area contributed by atoms with Crippen LogP contribution in [-0.2, 0) is 10.0 Å². The van der Waals surface area contributed by atoms with Crippen molar-refractivity contribution in [2.24, 2.45) is 5.41 Å². The number of aromatic nitrogens is 3. The molecule has 2 N–H and O–H groups in total. The van der Waals surface area contributed by atoms with Crippen molar-refractivity contribution in [3.05, 3.63) is 47.2 Å². The third-order valence-corrected chi connectivity index (χ3v) is 6.45. The van der Waals surface area contributed by atoms with Crippen molar-refractivity contribution in [3.63, 3.8) is 0 Å². The molecule has 4 rings (SSSR count). The van der Waals surface area contributed by atoms with Crippen molar-refractivity contribution >= 4 is 21.9 Å². The van der Waals surface area contributed by atoms with E-state index in [0.29, 0.717) is 12.1 Å². The minimum atomic E-state index is -4.24. The van der Waals surface area contributed by atoms with Crippen LogP contribution in [0.1, 0.15) is 48.8 Å². The average molecular weight is 486 g/mol. The molecule has 0 saturated carbocycles. The Morgan fingerprint density at radius 3 is 2.47 bits per heavy atom. The number of amides is 1. The first-order chi connectivity index (χ1) is 15.9. The number of nitrogens with zero attached hydrogens (tertiary/aromatic N) is 3. The number of hydrogen-bond donors (Lipinski definition) is 2. The maximum Gasteiger partial charge on any atom is 0.300 e. The van der Waals surface area contributed by atoms with Crippen molar-refractivity contribution in [2.45, 2.75) is 52.2 Å². The van der Waals surface area contributed by atoms with Gasteiger partial charge in [0.15, 0.2) is 5.69 Å². The monoisotopic (exact) mass is 485 g/mol. The zero-order valence-electron chi connectivity index (χ0n) is 19.7. The first-order valence-electron chi connectivity index (χ1n) is 10.8. The van der Waals surface area contributed by atoms with Gasteiger partial charge in [-0.1, -0.05) is 44.1 Å². The molecule has 1 atom stereocenters. The predicted molar refractivity (Wildman–Crippen MR) is 125 cm³/mol. The van der Waals surface area contributed by atoms with Crippen molar-refractivity contribution in [3.8, 4) is 17.1 Å². The Morgan fingerprint density at radius 2 is 1.79 bits per heavy atom. The summed E-state index contributed by atoms with van der Waals surface area (Å²) in [5.74, 6) is -0.564. The first-order valence-corrected chi connectivity index (χ1v) is 12.3. The summed E-state index contributed by atoms with van der Waals surface area (Å²) in [5.41, 5.74) is 3.02. The van der Waals surface area contributed by atoms with Gasteiger partial charge in [-0.05, 0) is 36.8 Å². The van der Waals surface area contributed by atoms with Gasteiger partial charge in [-0.15, -0.1) is 0 Å². The lowest BCUT2D eigenvalue weighted by Gasteiger charge is -2.26. The second-order valence-electron chi connectivity index (χ2n) is 9.56. The van der Waals surface area contributed by atoms with Gasteiger partial charge < -0.3 is 14.6 Å². The molecule has 2 aromatic heterocycles. The van der Waals surface area contributed by atoms with Crippen molar-refractivity contribution in [1.82, 2.24) is 20.4 Å². The van der Waals surface area contributed by atoms with Gasteiger partial charge in [-0.3, -0.25) is 4.79 Å². The fourth-order valence-corrected chi connectivity index (χ4v) is 4.72. The molecule has 0 saturated heterocycles. The molecule has 1 aliphatic rings. The maximum atomic E-state index is 12.9. The van der Waals surface area contributed by atoms with Crippen LogP contribution in [-0.4, -0.2) is 42.1 Å². The lowest BCUT2D eigenvalue weighted by Crippen LogP contribution is -2.41. The highest BCUT2D eigenvalue weighted by Gasteiger charge is 2.28. The third kappa shape index (κ3) is 5.19. The van der Waals surface area contributed by atoms with Crippen LogP contribution in [0, 0.1) is 19.3 Å². The molecule has 1 aliphatic heterocycles. The van der Waals surface area contributed by atoms with Crippen molar-refractivity contribution in [2.75, 3.05) is 11.3 Å². The molecule has 34 heavy (non-hydrogen) atoms. The van der Waals surface area contributed by atoms with Gasteiger partial charge in [0.25, 0.3) is 11.0 Å². The zero-order chi connectivity index (χ0) is 24.7. The summed E-state index contributed by atoms with van der Waals surface area (Å²) in [6.07, 6.45) is 0.599. The summed E-state index contributed by atoms with van der Waals surface area (Å²) in [4.78, 5) is 21.4. The summed E-state index contributed by atoms with van der Waals surface area (Å²) >= 11 is 0. The molecule has 180 valence electrons. The number of sulfonamides is 1. The van der Waals surface area contributed by atoms with Crippen LogP contribution in [0.2, 0.25) is 0 Å². The van der Waals surface area contributed by atoms with E-state index in [1.165, 1.54) is 0 Å². The average Bonchev–Trinajstić information content (AvgIpc) is 3.21. The molecule has 3 aromatic rings. The normalized spacial score (nSPS) is 17.9. The number of carbonyl (C=O) groups excluding carboxylic acids is 1. The van der Waals surface area contributed by atoms with Crippen molar-refractivity contribution < 1.29 is 22.5 Å². The second-order valence-corrected chi connectivity index (χ2v) is 11.2. The highest BCUT2D eigenvalue weighted by Crippen LogP contribution is 2.30. The van der Waals surface area contributed by atoms with Crippen LogP contribution in [0.15, 0.2) is 39.9 Å². The summed E-state index contributed by atoms with van der Waals surface area (Å²) in [6.45, 7) is 10.2. The van der Waals surface area contributed by atoms with Gasteiger partial charge in [0, 0.05) is 17.7 Å². The Bertz CT molecular complexity index is 1320. The molecule has 11 heteroatoms. The predicted octanol–water partition coefficient (Wildman–Crippen LogP) is 3.48. The Labute approximate surface area is 198 Å². The molecule has 0 fully saturated rings. The molecule has 0 radical (unpaired) electrons. The minimum Gasteiger partial charge on any atom is -0.475 e. The number of nitrogens with one attached hydrogen (secondary N) is 2. The highest BCUT2D eigenvalue weighted by atomic mass is 32.2. The number of rotatable bonds is 2. The van der Waals surface area contributed by atoms with Gasteiger partial charge in [0.05, 0.1) is 11.7 Å². The standard InChI is InChI=1S/C23H27N5O5S/c1-13-7-6-8-14(2)20(13)16-9-18-26-22(25-16)28-34(30,31)19-10-17(27-33-19)21(29)24-15(12-32-18)11-23(3,4)5/h6-10,15H,11-12H2,1-5H3,(H,24,29)(H,25,26,28)/t15-/m1/s1. The van der Waals surface area contributed by atoms with E-state index in [9.17, 15) is 13.2 Å². The fourth-order valence-electron chi connectivity index (χ4n) is 3.89. The van der Waals surface area contributed by atoms with Crippen LogP contribution in [0.4, 0.5) is 5.95 Å². The lowest BCUT2D eigenvalue weighted by molar-refractivity contribution is 0.0894. The maximum absolute atomic E-state index is 12.9. The number of aryl methyl sites for hydroxylation is 2. The highest BCUT2D eigenvalue weighted by molar-refractivity contribution is 7.92. The van der Waals surface area contributed by atoms with Gasteiger partial charge in [-0.25, -0.2) is 9.71 Å². The van der Waals surface area contributed by atoms with Crippen LogP contribution in [0.25, 0.3) is 11.3 Å². The molecular formula is C23H27N5O5S. The van der Waals surface area contributed by atoms with E-state index < -0.39 is 21.0 Å². The summed E-state index contributed by atoms with van der Waals surface area (Å²) in [6, 6.07) is 8.17. The number of carbonyl (C=O) groups is 1. The van der Waals surface area contributed by atoms with E-state index in [-0.39, 0.29) is 35.6 Å². The van der Waals surface area contributed by atoms with Crippen LogP contribution < -0.4 is 14.8 Å². The summed E-state index contributed by atoms with van der Waals surface area (Å²) < 4.78 is 39.0. The molecule has 10 nitrogen and oxygen atoms in total. The number of anilines is 1. The molecular weight excluding hydrogens is 458 g/mol. The Morgan fingerprint density at radius 1 is 1.09 bits per heavy atom. The van der Waals surface area contributed by atoms with Crippen LogP contribution >= 0.6 is 0 Å². The van der Waals surface area contributed by atoms with Crippen LogP contribution in [0.5, 0.6) is 5.88 Å². The Balaban J connectivity index is 1.83. The van der Waals surface area contributed by atoms with E-state index in [2.05, 4.69) is 25.2 Å². The molecule has 0 aliphatic carbocycles. The van der Waals surface area contributed by atoms with Crippen LogP contribution in [0.3, 0.4) is 0 Å². The Hall–Kier alpha value is -3.47. The second kappa shape index (κ2) is 8.71. The summed E-state index contributed by atoms with van der Waals surface area (Å²) in [7, 11) is -4.24. The first kappa shape index (κ1) is 23.7. The molecule has 3 heterocycles. The van der Waals surface area contributed by atoms with Gasteiger partial charge >= 0.3 is 10.0 Å². The number of ether oxygens (including phenoxy) is 1. The molecule has 1 amide bonds. The van der Waals surface area contributed by atoms with E-state index in [1.807, 2.05) is 52.8 Å². The van der Waals surface area contributed by atoms with E-state index >= 15 is 0 Å². The smallest absolute Gasteiger partial charge is 0.300 e. The minimum absolute atomic E-state index is 0.114.